The minimum absolute atomic E-state index is 0.0114. The first-order chi connectivity index (χ1) is 15.9. The molecule has 0 radical (unpaired) electrons. The van der Waals surface area contributed by atoms with E-state index < -0.39 is 10.0 Å². The molecule has 0 saturated heterocycles. The van der Waals surface area contributed by atoms with E-state index in [0.29, 0.717) is 34.1 Å². The maximum atomic E-state index is 12.8. The third-order valence-corrected chi connectivity index (χ3v) is 6.92. The highest BCUT2D eigenvalue weighted by Crippen LogP contribution is 2.27. The zero-order valence-electron chi connectivity index (χ0n) is 17.2. The molecule has 4 aromatic rings. The standard InChI is InChI=1S/C25H18ClN3O3S/c26-23-6-1-2-7-24(23)33(31,32)29-20-12-13-21-19(14-20)4-3-5-22(21)25(30)28-16-18-10-8-17(15-27)9-11-18/h1-14,29H,16H2,(H,28,30). The van der Waals surface area contributed by atoms with Crippen molar-refractivity contribution in [2.75, 3.05) is 4.72 Å². The molecule has 0 unspecified atom stereocenters. The maximum absolute atomic E-state index is 12.8. The fourth-order valence-electron chi connectivity index (χ4n) is 3.39. The van der Waals surface area contributed by atoms with Crippen molar-refractivity contribution in [3.05, 3.63) is 107 Å². The summed E-state index contributed by atoms with van der Waals surface area (Å²) in [5, 5.41) is 13.3. The van der Waals surface area contributed by atoms with Gasteiger partial charge in [0, 0.05) is 17.8 Å². The molecule has 1 amide bonds. The van der Waals surface area contributed by atoms with Crippen LogP contribution in [0.4, 0.5) is 5.69 Å². The molecule has 0 fully saturated rings. The molecule has 2 N–H and O–H groups in total. The van der Waals surface area contributed by atoms with E-state index in [1.165, 1.54) is 12.1 Å². The van der Waals surface area contributed by atoms with Crippen LogP contribution in [0, 0.1) is 11.3 Å². The van der Waals surface area contributed by atoms with Crippen molar-refractivity contribution in [2.45, 2.75) is 11.4 Å². The topological polar surface area (TPSA) is 99.1 Å². The zero-order chi connectivity index (χ0) is 23.4. The van der Waals surface area contributed by atoms with Gasteiger partial charge < -0.3 is 5.32 Å². The lowest BCUT2D eigenvalue weighted by molar-refractivity contribution is 0.0952. The van der Waals surface area contributed by atoms with Crippen molar-refractivity contribution < 1.29 is 13.2 Å². The minimum atomic E-state index is -3.86. The number of nitriles is 1. The SMILES string of the molecule is N#Cc1ccc(CNC(=O)c2cccc3cc(NS(=O)(=O)c4ccccc4Cl)ccc23)cc1. The lowest BCUT2D eigenvalue weighted by atomic mass is 10.0. The number of fused-ring (bicyclic) bond motifs is 1. The molecule has 0 aliphatic rings. The van der Waals surface area contributed by atoms with Gasteiger partial charge in [0.2, 0.25) is 0 Å². The van der Waals surface area contributed by atoms with Crippen LogP contribution in [0.1, 0.15) is 21.5 Å². The first kappa shape index (κ1) is 22.3. The summed E-state index contributed by atoms with van der Waals surface area (Å²) in [5.74, 6) is -0.255. The summed E-state index contributed by atoms with van der Waals surface area (Å²) in [6, 6.07) is 25.5. The molecule has 0 atom stereocenters. The second-order valence-electron chi connectivity index (χ2n) is 7.27. The third kappa shape index (κ3) is 4.98. The Morgan fingerprint density at radius 1 is 0.939 bits per heavy atom. The molecule has 0 saturated carbocycles. The number of nitrogens with one attached hydrogen (secondary N) is 2. The molecule has 164 valence electrons. The Morgan fingerprint density at radius 3 is 2.42 bits per heavy atom. The molecular weight excluding hydrogens is 458 g/mol. The van der Waals surface area contributed by atoms with Gasteiger partial charge in [-0.1, -0.05) is 54.1 Å². The molecule has 0 aliphatic carbocycles. The van der Waals surface area contributed by atoms with E-state index in [9.17, 15) is 13.2 Å². The third-order valence-electron chi connectivity index (χ3n) is 5.04. The van der Waals surface area contributed by atoms with Gasteiger partial charge in [-0.25, -0.2) is 8.42 Å². The van der Waals surface area contributed by atoms with Crippen LogP contribution in [0.3, 0.4) is 0 Å². The van der Waals surface area contributed by atoms with Gasteiger partial charge in [-0.3, -0.25) is 9.52 Å². The number of sulfonamides is 1. The summed E-state index contributed by atoms with van der Waals surface area (Å²) in [4.78, 5) is 12.8. The highest BCUT2D eigenvalue weighted by molar-refractivity contribution is 7.92. The van der Waals surface area contributed by atoms with Crippen molar-refractivity contribution in [3.63, 3.8) is 0 Å². The molecule has 0 aliphatic heterocycles. The fraction of sp³-hybridized carbons (Fsp3) is 0.0400. The maximum Gasteiger partial charge on any atom is 0.263 e. The lowest BCUT2D eigenvalue weighted by Gasteiger charge is -2.12. The summed E-state index contributed by atoms with van der Waals surface area (Å²) in [7, 11) is -3.86. The molecule has 6 nitrogen and oxygen atoms in total. The monoisotopic (exact) mass is 475 g/mol. The normalized spacial score (nSPS) is 11.0. The number of rotatable bonds is 6. The van der Waals surface area contributed by atoms with Crippen molar-refractivity contribution in [3.8, 4) is 6.07 Å². The molecule has 33 heavy (non-hydrogen) atoms. The average molecular weight is 476 g/mol. The Hall–Kier alpha value is -3.86. The molecule has 0 aromatic heterocycles. The Bertz CT molecular complexity index is 1490. The van der Waals surface area contributed by atoms with E-state index in [1.54, 1.807) is 72.8 Å². The summed E-state index contributed by atoms with van der Waals surface area (Å²) in [6.07, 6.45) is 0. The van der Waals surface area contributed by atoms with Crippen LogP contribution in [0.25, 0.3) is 10.8 Å². The number of benzene rings is 4. The highest BCUT2D eigenvalue weighted by atomic mass is 35.5. The fourth-order valence-corrected chi connectivity index (χ4v) is 4.96. The minimum Gasteiger partial charge on any atom is -0.348 e. The number of hydrogen-bond acceptors (Lipinski definition) is 4. The number of amides is 1. The molecule has 4 rings (SSSR count). The predicted octanol–water partition coefficient (Wildman–Crippen LogP) is 5.10. The zero-order valence-corrected chi connectivity index (χ0v) is 18.8. The van der Waals surface area contributed by atoms with Gasteiger partial charge in [0.05, 0.1) is 16.7 Å². The first-order valence-electron chi connectivity index (χ1n) is 9.95. The second kappa shape index (κ2) is 9.33. The number of hydrogen-bond donors (Lipinski definition) is 2. The van der Waals surface area contributed by atoms with Crippen molar-refractivity contribution >= 4 is 44.0 Å². The van der Waals surface area contributed by atoms with Gasteiger partial charge in [0.25, 0.3) is 15.9 Å². The lowest BCUT2D eigenvalue weighted by Crippen LogP contribution is -2.23. The van der Waals surface area contributed by atoms with Gasteiger partial charge >= 0.3 is 0 Å². The van der Waals surface area contributed by atoms with Crippen LogP contribution in [-0.4, -0.2) is 14.3 Å². The van der Waals surface area contributed by atoms with Gasteiger partial charge in [0.1, 0.15) is 4.90 Å². The predicted molar refractivity (Wildman–Crippen MR) is 129 cm³/mol. The Balaban J connectivity index is 1.55. The van der Waals surface area contributed by atoms with Gasteiger partial charge in [-0.2, -0.15) is 5.26 Å². The summed E-state index contributed by atoms with van der Waals surface area (Å²) in [6.45, 7) is 0.316. The van der Waals surface area contributed by atoms with Gasteiger partial charge in [-0.15, -0.1) is 0 Å². The number of carbonyl (C=O) groups excluding carboxylic acids is 1. The number of halogens is 1. The number of nitrogens with zero attached hydrogens (tertiary/aromatic N) is 1. The smallest absolute Gasteiger partial charge is 0.263 e. The van der Waals surface area contributed by atoms with Crippen LogP contribution in [0.5, 0.6) is 0 Å². The van der Waals surface area contributed by atoms with Crippen LogP contribution in [-0.2, 0) is 16.6 Å². The highest BCUT2D eigenvalue weighted by Gasteiger charge is 2.18. The van der Waals surface area contributed by atoms with Crippen molar-refractivity contribution in [1.29, 1.82) is 5.26 Å². The van der Waals surface area contributed by atoms with Gasteiger partial charge in [-0.05, 0) is 58.8 Å². The van der Waals surface area contributed by atoms with Crippen LogP contribution in [0.15, 0.2) is 89.8 Å². The number of anilines is 1. The summed E-state index contributed by atoms with van der Waals surface area (Å²) < 4.78 is 28.0. The van der Waals surface area contributed by atoms with Crippen molar-refractivity contribution in [2.24, 2.45) is 0 Å². The summed E-state index contributed by atoms with van der Waals surface area (Å²) in [5.41, 5.74) is 2.26. The van der Waals surface area contributed by atoms with Crippen LogP contribution >= 0.6 is 11.6 Å². The van der Waals surface area contributed by atoms with E-state index in [1.807, 2.05) is 0 Å². The second-order valence-corrected chi connectivity index (χ2v) is 9.33. The molecule has 0 bridgehead atoms. The van der Waals surface area contributed by atoms with E-state index in [0.717, 1.165) is 5.56 Å². The first-order valence-corrected chi connectivity index (χ1v) is 11.8. The van der Waals surface area contributed by atoms with E-state index in [4.69, 9.17) is 16.9 Å². The molecule has 8 heteroatoms. The van der Waals surface area contributed by atoms with Crippen LogP contribution in [0.2, 0.25) is 5.02 Å². The van der Waals surface area contributed by atoms with Crippen molar-refractivity contribution in [1.82, 2.24) is 5.32 Å². The van der Waals surface area contributed by atoms with Gasteiger partial charge in [0.15, 0.2) is 0 Å². The Kier molecular flexibility index (Phi) is 6.31. The van der Waals surface area contributed by atoms with Crippen LogP contribution < -0.4 is 10.0 Å². The molecule has 0 spiro atoms. The summed E-state index contributed by atoms with van der Waals surface area (Å²) >= 11 is 6.04. The molecule has 0 heterocycles. The average Bonchev–Trinajstić information content (AvgIpc) is 2.82. The van der Waals surface area contributed by atoms with E-state index in [-0.39, 0.29) is 15.8 Å². The molecular formula is C25H18ClN3O3S. The Morgan fingerprint density at radius 2 is 1.70 bits per heavy atom. The number of carbonyl (C=O) groups is 1. The van der Waals surface area contributed by atoms with E-state index >= 15 is 0 Å². The largest absolute Gasteiger partial charge is 0.348 e. The molecule has 4 aromatic carbocycles. The van der Waals surface area contributed by atoms with E-state index in [2.05, 4.69) is 16.1 Å². The Labute approximate surface area is 196 Å². The quantitative estimate of drug-likeness (QED) is 0.405.